The molecule has 1 saturated heterocycles. The molecule has 4 heteroatoms. The predicted molar refractivity (Wildman–Crippen MR) is 64.4 cm³/mol. The normalized spacial score (nSPS) is 22.8. The zero-order valence-corrected chi connectivity index (χ0v) is 10.4. The molecule has 0 aromatic heterocycles. The highest BCUT2D eigenvalue weighted by molar-refractivity contribution is 5.81. The Kier molecular flexibility index (Phi) is 6.42. The van der Waals surface area contributed by atoms with Gasteiger partial charge in [-0.2, -0.15) is 0 Å². The quantitative estimate of drug-likeness (QED) is 0.668. The van der Waals surface area contributed by atoms with Crippen LogP contribution in [0.3, 0.4) is 0 Å². The Morgan fingerprint density at radius 3 is 3.00 bits per heavy atom. The highest BCUT2D eigenvalue weighted by Gasteiger charge is 2.22. The molecule has 0 aromatic carbocycles. The van der Waals surface area contributed by atoms with E-state index in [-0.39, 0.29) is 18.1 Å². The van der Waals surface area contributed by atoms with Crippen LogP contribution < -0.4 is 10.6 Å². The molecule has 2 unspecified atom stereocenters. The summed E-state index contributed by atoms with van der Waals surface area (Å²) in [6.07, 6.45) is 4.39. The summed E-state index contributed by atoms with van der Waals surface area (Å²) in [5.41, 5.74) is 0. The SMILES string of the molecule is CCCCCC(C)NC(=O)C1CNCCO1. The largest absolute Gasteiger partial charge is 0.366 e. The second kappa shape index (κ2) is 7.63. The van der Waals surface area contributed by atoms with Gasteiger partial charge in [-0.15, -0.1) is 0 Å². The highest BCUT2D eigenvalue weighted by atomic mass is 16.5. The number of hydrogen-bond donors (Lipinski definition) is 2. The van der Waals surface area contributed by atoms with Gasteiger partial charge in [-0.05, 0) is 13.3 Å². The van der Waals surface area contributed by atoms with Crippen LogP contribution in [0.5, 0.6) is 0 Å². The minimum atomic E-state index is -0.303. The number of hydrogen-bond acceptors (Lipinski definition) is 3. The number of carbonyl (C=O) groups is 1. The van der Waals surface area contributed by atoms with E-state index in [0.717, 1.165) is 13.0 Å². The van der Waals surface area contributed by atoms with Gasteiger partial charge in [-0.25, -0.2) is 0 Å². The maximum absolute atomic E-state index is 11.8. The van der Waals surface area contributed by atoms with E-state index in [1.165, 1.54) is 19.3 Å². The fraction of sp³-hybridized carbons (Fsp3) is 0.917. The van der Waals surface area contributed by atoms with Crippen molar-refractivity contribution in [2.24, 2.45) is 0 Å². The minimum Gasteiger partial charge on any atom is -0.366 e. The zero-order chi connectivity index (χ0) is 11.8. The minimum absolute atomic E-state index is 0.0243. The van der Waals surface area contributed by atoms with Crippen molar-refractivity contribution in [3.8, 4) is 0 Å². The molecule has 0 bridgehead atoms. The fourth-order valence-electron chi connectivity index (χ4n) is 1.84. The van der Waals surface area contributed by atoms with Gasteiger partial charge in [0.1, 0.15) is 6.10 Å². The van der Waals surface area contributed by atoms with E-state index in [2.05, 4.69) is 24.5 Å². The van der Waals surface area contributed by atoms with Crippen LogP contribution in [0.15, 0.2) is 0 Å². The molecule has 1 aliphatic rings. The van der Waals surface area contributed by atoms with Crippen molar-refractivity contribution in [2.75, 3.05) is 19.7 Å². The molecule has 0 saturated carbocycles. The molecule has 4 nitrogen and oxygen atoms in total. The van der Waals surface area contributed by atoms with E-state index in [9.17, 15) is 4.79 Å². The molecule has 1 rings (SSSR count). The van der Waals surface area contributed by atoms with Crippen molar-refractivity contribution in [1.82, 2.24) is 10.6 Å². The van der Waals surface area contributed by atoms with Gasteiger partial charge in [0.15, 0.2) is 0 Å². The lowest BCUT2D eigenvalue weighted by Gasteiger charge is -2.24. The smallest absolute Gasteiger partial charge is 0.250 e. The third-order valence-corrected chi connectivity index (χ3v) is 2.85. The highest BCUT2D eigenvalue weighted by Crippen LogP contribution is 2.04. The zero-order valence-electron chi connectivity index (χ0n) is 10.4. The summed E-state index contributed by atoms with van der Waals surface area (Å²) in [6.45, 7) is 6.35. The van der Waals surface area contributed by atoms with Crippen LogP contribution in [-0.2, 0) is 9.53 Å². The Morgan fingerprint density at radius 2 is 2.38 bits per heavy atom. The second-order valence-corrected chi connectivity index (χ2v) is 4.47. The molecular weight excluding hydrogens is 204 g/mol. The topological polar surface area (TPSA) is 50.4 Å². The first kappa shape index (κ1) is 13.5. The number of ether oxygens (including phenoxy) is 1. The summed E-state index contributed by atoms with van der Waals surface area (Å²) in [6, 6.07) is 0.254. The lowest BCUT2D eigenvalue weighted by atomic mass is 10.1. The van der Waals surface area contributed by atoms with E-state index in [0.29, 0.717) is 13.2 Å². The lowest BCUT2D eigenvalue weighted by molar-refractivity contribution is -0.134. The van der Waals surface area contributed by atoms with Crippen molar-refractivity contribution in [3.63, 3.8) is 0 Å². The third kappa shape index (κ3) is 4.94. The Morgan fingerprint density at radius 1 is 1.56 bits per heavy atom. The van der Waals surface area contributed by atoms with Gasteiger partial charge in [0.05, 0.1) is 6.61 Å². The van der Waals surface area contributed by atoms with Crippen LogP contribution in [0.25, 0.3) is 0 Å². The molecule has 0 aromatic rings. The first-order chi connectivity index (χ1) is 7.74. The number of amides is 1. The third-order valence-electron chi connectivity index (χ3n) is 2.85. The van der Waals surface area contributed by atoms with E-state index < -0.39 is 0 Å². The Labute approximate surface area is 98.1 Å². The maximum Gasteiger partial charge on any atom is 0.250 e. The number of unbranched alkanes of at least 4 members (excludes halogenated alkanes) is 2. The average molecular weight is 228 g/mol. The summed E-state index contributed by atoms with van der Waals surface area (Å²) in [5.74, 6) is 0.0243. The second-order valence-electron chi connectivity index (χ2n) is 4.47. The fourth-order valence-corrected chi connectivity index (χ4v) is 1.84. The molecule has 1 aliphatic heterocycles. The molecule has 1 heterocycles. The Balaban J connectivity index is 2.16. The van der Waals surface area contributed by atoms with Gasteiger partial charge in [0, 0.05) is 19.1 Å². The van der Waals surface area contributed by atoms with Gasteiger partial charge in [-0.1, -0.05) is 26.2 Å². The molecule has 2 atom stereocenters. The van der Waals surface area contributed by atoms with Gasteiger partial charge < -0.3 is 15.4 Å². The maximum atomic E-state index is 11.8. The van der Waals surface area contributed by atoms with Crippen molar-refractivity contribution in [1.29, 1.82) is 0 Å². The summed E-state index contributed by atoms with van der Waals surface area (Å²) >= 11 is 0. The van der Waals surface area contributed by atoms with Crippen molar-refractivity contribution >= 4 is 5.91 Å². The number of nitrogens with one attached hydrogen (secondary N) is 2. The van der Waals surface area contributed by atoms with Crippen molar-refractivity contribution in [3.05, 3.63) is 0 Å². The van der Waals surface area contributed by atoms with Crippen LogP contribution in [0.4, 0.5) is 0 Å². The summed E-state index contributed by atoms with van der Waals surface area (Å²) in [7, 11) is 0. The van der Waals surface area contributed by atoms with Gasteiger partial charge in [-0.3, -0.25) is 4.79 Å². The Bertz CT molecular complexity index is 203. The van der Waals surface area contributed by atoms with Gasteiger partial charge >= 0.3 is 0 Å². The molecule has 2 N–H and O–H groups in total. The van der Waals surface area contributed by atoms with Crippen LogP contribution in [0.1, 0.15) is 39.5 Å². The molecule has 16 heavy (non-hydrogen) atoms. The molecule has 0 radical (unpaired) electrons. The van der Waals surface area contributed by atoms with Crippen LogP contribution in [0.2, 0.25) is 0 Å². The van der Waals surface area contributed by atoms with Crippen LogP contribution >= 0.6 is 0 Å². The van der Waals surface area contributed by atoms with Crippen molar-refractivity contribution in [2.45, 2.75) is 51.7 Å². The Hall–Kier alpha value is -0.610. The lowest BCUT2D eigenvalue weighted by Crippen LogP contribution is -2.49. The molecule has 0 spiro atoms. The van der Waals surface area contributed by atoms with E-state index in [1.807, 2.05) is 0 Å². The standard InChI is InChI=1S/C12H24N2O2/c1-3-4-5-6-10(2)14-12(15)11-9-13-7-8-16-11/h10-11,13H,3-9H2,1-2H3,(H,14,15). The molecule has 1 fully saturated rings. The van der Waals surface area contributed by atoms with Crippen molar-refractivity contribution < 1.29 is 9.53 Å². The van der Waals surface area contributed by atoms with Crippen LogP contribution in [0, 0.1) is 0 Å². The first-order valence-corrected chi connectivity index (χ1v) is 6.36. The number of rotatable bonds is 6. The number of carbonyl (C=O) groups excluding carboxylic acids is 1. The van der Waals surface area contributed by atoms with E-state index in [1.54, 1.807) is 0 Å². The monoisotopic (exact) mass is 228 g/mol. The average Bonchev–Trinajstić information content (AvgIpc) is 2.30. The van der Waals surface area contributed by atoms with E-state index >= 15 is 0 Å². The van der Waals surface area contributed by atoms with Crippen LogP contribution in [-0.4, -0.2) is 37.7 Å². The predicted octanol–water partition coefficient (Wildman–Crippen LogP) is 1.06. The summed E-state index contributed by atoms with van der Waals surface area (Å²) in [4.78, 5) is 11.8. The van der Waals surface area contributed by atoms with Gasteiger partial charge in [0.2, 0.25) is 0 Å². The summed E-state index contributed by atoms with van der Waals surface area (Å²) in [5, 5.41) is 6.16. The molecule has 94 valence electrons. The summed E-state index contributed by atoms with van der Waals surface area (Å²) < 4.78 is 5.39. The van der Waals surface area contributed by atoms with Gasteiger partial charge in [0.25, 0.3) is 5.91 Å². The molecule has 1 amide bonds. The number of morpholine rings is 1. The molecule has 0 aliphatic carbocycles. The first-order valence-electron chi connectivity index (χ1n) is 6.36. The van der Waals surface area contributed by atoms with E-state index in [4.69, 9.17) is 4.74 Å². The molecular formula is C12H24N2O2.